The van der Waals surface area contributed by atoms with Crippen molar-refractivity contribution in [1.29, 1.82) is 0 Å². The molecule has 2 aromatic carbocycles. The summed E-state index contributed by atoms with van der Waals surface area (Å²) in [7, 11) is 1.71. The van der Waals surface area contributed by atoms with Gasteiger partial charge in [0.15, 0.2) is 0 Å². The highest BCUT2D eigenvalue weighted by atomic mass is 16.5. The predicted molar refractivity (Wildman–Crippen MR) is 89.0 cm³/mol. The number of rotatable bonds is 6. The van der Waals surface area contributed by atoms with Crippen LogP contribution in [0.1, 0.15) is 41.6 Å². The van der Waals surface area contributed by atoms with Gasteiger partial charge in [0.1, 0.15) is 5.75 Å². The van der Waals surface area contributed by atoms with Crippen molar-refractivity contribution in [2.45, 2.75) is 33.2 Å². The Labute approximate surface area is 128 Å². The van der Waals surface area contributed by atoms with Crippen LogP contribution in [0.25, 0.3) is 0 Å². The molecule has 0 aliphatic rings. The summed E-state index contributed by atoms with van der Waals surface area (Å²) in [6.07, 6.45) is 1.12. The zero-order chi connectivity index (χ0) is 15.2. The van der Waals surface area contributed by atoms with Gasteiger partial charge in [-0.1, -0.05) is 42.8 Å². The van der Waals surface area contributed by atoms with Gasteiger partial charge in [0, 0.05) is 0 Å². The van der Waals surface area contributed by atoms with Gasteiger partial charge < -0.3 is 10.1 Å². The van der Waals surface area contributed by atoms with Gasteiger partial charge in [-0.05, 0) is 55.6 Å². The molecule has 21 heavy (non-hydrogen) atoms. The Hall–Kier alpha value is -1.80. The summed E-state index contributed by atoms with van der Waals surface area (Å²) in [5, 5.41) is 3.66. The molecule has 1 atom stereocenters. The molecule has 0 aromatic heterocycles. The van der Waals surface area contributed by atoms with Gasteiger partial charge in [0.2, 0.25) is 0 Å². The van der Waals surface area contributed by atoms with Crippen molar-refractivity contribution in [1.82, 2.24) is 5.32 Å². The molecule has 0 amide bonds. The molecule has 112 valence electrons. The fourth-order valence-electron chi connectivity index (χ4n) is 2.55. The minimum atomic E-state index is 0.233. The quantitative estimate of drug-likeness (QED) is 0.848. The summed E-state index contributed by atoms with van der Waals surface area (Å²) in [5.41, 5.74) is 5.17. The topological polar surface area (TPSA) is 21.3 Å². The first-order valence-electron chi connectivity index (χ1n) is 7.60. The Morgan fingerprint density at radius 2 is 1.76 bits per heavy atom. The molecular formula is C19H25NO. The maximum Gasteiger partial charge on any atom is 0.119 e. The summed E-state index contributed by atoms with van der Waals surface area (Å²) in [5.74, 6) is 0.911. The average Bonchev–Trinajstić information content (AvgIpc) is 2.50. The van der Waals surface area contributed by atoms with Crippen LogP contribution in [0.15, 0.2) is 42.5 Å². The van der Waals surface area contributed by atoms with Gasteiger partial charge in [0.25, 0.3) is 0 Å². The van der Waals surface area contributed by atoms with E-state index in [-0.39, 0.29) is 6.04 Å². The predicted octanol–water partition coefficient (Wildman–Crippen LogP) is 4.40. The zero-order valence-electron chi connectivity index (χ0n) is 13.4. The molecule has 0 aliphatic carbocycles. The fourth-order valence-corrected chi connectivity index (χ4v) is 2.55. The van der Waals surface area contributed by atoms with E-state index in [1.54, 1.807) is 7.11 Å². The molecule has 2 rings (SSSR count). The van der Waals surface area contributed by atoms with Crippen molar-refractivity contribution >= 4 is 0 Å². The van der Waals surface area contributed by atoms with Crippen molar-refractivity contribution in [2.75, 3.05) is 13.7 Å². The van der Waals surface area contributed by atoms with Crippen LogP contribution in [0.2, 0.25) is 0 Å². The second kappa shape index (κ2) is 7.28. The first kappa shape index (κ1) is 15.6. The van der Waals surface area contributed by atoms with Gasteiger partial charge in [-0.3, -0.25) is 0 Å². The molecule has 2 nitrogen and oxygen atoms in total. The van der Waals surface area contributed by atoms with Crippen LogP contribution < -0.4 is 10.1 Å². The van der Waals surface area contributed by atoms with Gasteiger partial charge in [-0.2, -0.15) is 0 Å². The van der Waals surface area contributed by atoms with E-state index < -0.39 is 0 Å². The summed E-state index contributed by atoms with van der Waals surface area (Å²) in [4.78, 5) is 0. The van der Waals surface area contributed by atoms with Crippen molar-refractivity contribution < 1.29 is 4.74 Å². The van der Waals surface area contributed by atoms with E-state index in [2.05, 4.69) is 62.5 Å². The highest BCUT2D eigenvalue weighted by Gasteiger charge is 2.15. The second-order valence-corrected chi connectivity index (χ2v) is 5.52. The molecule has 1 N–H and O–H groups in total. The van der Waals surface area contributed by atoms with E-state index in [9.17, 15) is 0 Å². The smallest absolute Gasteiger partial charge is 0.119 e. The third-order valence-corrected chi connectivity index (χ3v) is 3.80. The molecule has 0 radical (unpaired) electrons. The number of ether oxygens (including phenoxy) is 1. The highest BCUT2D eigenvalue weighted by molar-refractivity contribution is 5.41. The molecule has 2 heteroatoms. The first-order chi connectivity index (χ1) is 10.2. The van der Waals surface area contributed by atoms with Crippen molar-refractivity contribution in [3.8, 4) is 5.75 Å². The standard InChI is InChI=1S/C19H25NO/c1-5-12-20-19(16-8-6-14(2)7-9-16)18-11-10-17(21-4)13-15(18)3/h6-11,13,19-20H,5,12H2,1-4H3. The van der Waals surface area contributed by atoms with Crippen LogP contribution in [0, 0.1) is 13.8 Å². The van der Waals surface area contributed by atoms with Gasteiger partial charge in [-0.25, -0.2) is 0 Å². The molecule has 0 aliphatic heterocycles. The summed E-state index contributed by atoms with van der Waals surface area (Å²) in [6, 6.07) is 15.3. The van der Waals surface area contributed by atoms with Crippen LogP contribution in [-0.4, -0.2) is 13.7 Å². The van der Waals surface area contributed by atoms with Gasteiger partial charge in [0.05, 0.1) is 13.2 Å². The second-order valence-electron chi connectivity index (χ2n) is 5.52. The molecule has 0 heterocycles. The van der Waals surface area contributed by atoms with E-state index in [1.165, 1.54) is 22.3 Å². The van der Waals surface area contributed by atoms with Crippen LogP contribution in [0.5, 0.6) is 5.75 Å². The Kier molecular flexibility index (Phi) is 5.40. The van der Waals surface area contributed by atoms with Gasteiger partial charge in [-0.15, -0.1) is 0 Å². The average molecular weight is 283 g/mol. The molecule has 0 bridgehead atoms. The number of methoxy groups -OCH3 is 1. The van der Waals surface area contributed by atoms with Crippen molar-refractivity contribution in [3.05, 3.63) is 64.7 Å². The number of nitrogens with one attached hydrogen (secondary N) is 1. The molecule has 0 saturated heterocycles. The maximum atomic E-state index is 5.31. The molecular weight excluding hydrogens is 258 g/mol. The Balaban J connectivity index is 2.37. The Bertz CT molecular complexity index is 575. The number of hydrogen-bond acceptors (Lipinski definition) is 2. The SMILES string of the molecule is CCCNC(c1ccc(C)cc1)c1ccc(OC)cc1C. The fraction of sp³-hybridized carbons (Fsp3) is 0.368. The normalized spacial score (nSPS) is 12.2. The number of aryl methyl sites for hydroxylation is 2. The van der Waals surface area contributed by atoms with Crippen molar-refractivity contribution in [2.24, 2.45) is 0 Å². The largest absolute Gasteiger partial charge is 0.497 e. The minimum absolute atomic E-state index is 0.233. The van der Waals surface area contributed by atoms with E-state index in [0.717, 1.165) is 18.7 Å². The summed E-state index contributed by atoms with van der Waals surface area (Å²) >= 11 is 0. The third kappa shape index (κ3) is 3.85. The summed E-state index contributed by atoms with van der Waals surface area (Å²) < 4.78 is 5.31. The Morgan fingerprint density at radius 3 is 2.33 bits per heavy atom. The van der Waals surface area contributed by atoms with E-state index in [4.69, 9.17) is 4.74 Å². The molecule has 1 unspecified atom stereocenters. The minimum Gasteiger partial charge on any atom is -0.497 e. The van der Waals surface area contributed by atoms with Crippen molar-refractivity contribution in [3.63, 3.8) is 0 Å². The lowest BCUT2D eigenvalue weighted by atomic mass is 9.94. The van der Waals surface area contributed by atoms with Crippen LogP contribution in [0.3, 0.4) is 0 Å². The summed E-state index contributed by atoms with van der Waals surface area (Å²) in [6.45, 7) is 7.47. The highest BCUT2D eigenvalue weighted by Crippen LogP contribution is 2.27. The lowest BCUT2D eigenvalue weighted by Gasteiger charge is -2.22. The van der Waals surface area contributed by atoms with E-state index in [1.807, 2.05) is 6.07 Å². The molecule has 0 spiro atoms. The molecule has 0 fully saturated rings. The Morgan fingerprint density at radius 1 is 1.05 bits per heavy atom. The van der Waals surface area contributed by atoms with Gasteiger partial charge >= 0.3 is 0 Å². The third-order valence-electron chi connectivity index (χ3n) is 3.80. The van der Waals surface area contributed by atoms with Crippen LogP contribution >= 0.6 is 0 Å². The first-order valence-corrected chi connectivity index (χ1v) is 7.60. The molecule has 2 aromatic rings. The van der Waals surface area contributed by atoms with Crippen LogP contribution in [0.4, 0.5) is 0 Å². The monoisotopic (exact) mass is 283 g/mol. The lowest BCUT2D eigenvalue weighted by Crippen LogP contribution is -2.24. The van der Waals surface area contributed by atoms with E-state index in [0.29, 0.717) is 0 Å². The maximum absolute atomic E-state index is 5.31. The number of hydrogen-bond donors (Lipinski definition) is 1. The molecule has 0 saturated carbocycles. The van der Waals surface area contributed by atoms with Crippen LogP contribution in [-0.2, 0) is 0 Å². The zero-order valence-corrected chi connectivity index (χ0v) is 13.4. The van der Waals surface area contributed by atoms with E-state index >= 15 is 0 Å². The lowest BCUT2D eigenvalue weighted by molar-refractivity contribution is 0.414. The number of benzene rings is 2.